The fraction of sp³-hybridized carbons (Fsp3) is 0. The second-order valence-electron chi connectivity index (χ2n) is 6.63. The molecule has 4 rings (SSSR count). The van der Waals surface area contributed by atoms with Crippen molar-refractivity contribution in [1.29, 1.82) is 0 Å². The third-order valence-electron chi connectivity index (χ3n) is 4.38. The Labute approximate surface area is 266 Å². The van der Waals surface area contributed by atoms with Crippen LogP contribution in [0.2, 0.25) is 0 Å². The van der Waals surface area contributed by atoms with E-state index in [9.17, 15) is 0 Å². The van der Waals surface area contributed by atoms with Crippen molar-refractivity contribution in [2.45, 2.75) is 4.90 Å². The van der Waals surface area contributed by atoms with Crippen molar-refractivity contribution < 1.29 is 80.0 Å². The fourth-order valence-electron chi connectivity index (χ4n) is 2.94. The first-order chi connectivity index (χ1) is 15.5. The van der Waals surface area contributed by atoms with Crippen molar-refractivity contribution in [1.82, 2.24) is 0 Å². The van der Waals surface area contributed by atoms with Crippen LogP contribution >= 0.6 is 47.6 Å². The number of rotatable bonds is 3. The van der Waals surface area contributed by atoms with Crippen LogP contribution in [0.4, 0.5) is 0 Å². The Bertz CT molecular complexity index is 1190. The van der Waals surface area contributed by atoms with Gasteiger partial charge in [0, 0.05) is 4.90 Å². The maximum absolute atomic E-state index is 8.58. The summed E-state index contributed by atoms with van der Waals surface area (Å²) in [6.45, 7) is 0. The number of halogens is 2. The average molecular weight is 690 g/mol. The molecule has 0 atom stereocenters. The van der Waals surface area contributed by atoms with E-state index in [2.05, 4.69) is 135 Å². The third kappa shape index (κ3) is 9.89. The molecule has 0 amide bonds. The first kappa shape index (κ1) is 32.2. The predicted octanol–water partition coefficient (Wildman–Crippen LogP) is 2.57. The predicted molar refractivity (Wildman–Crippen MR) is 139 cm³/mol. The first-order valence-electron chi connectivity index (χ1n) is 9.49. The molecule has 0 bridgehead atoms. The van der Waals surface area contributed by atoms with Gasteiger partial charge in [-0.15, -0.1) is 12.6 Å². The van der Waals surface area contributed by atoms with Crippen LogP contribution in [-0.2, 0) is 24.5 Å². The molecule has 0 aliphatic heterocycles. The maximum atomic E-state index is 8.58. The minimum atomic E-state index is -5.62. The van der Waals surface area contributed by atoms with Crippen molar-refractivity contribution in [3.8, 4) is 0 Å². The molecule has 0 aliphatic carbocycles. The summed E-state index contributed by atoms with van der Waals surface area (Å²) in [5.74, 6) is 0. The van der Waals surface area contributed by atoms with Crippen LogP contribution in [0.5, 0.6) is 0 Å². The van der Waals surface area contributed by atoms with E-state index in [0.29, 0.717) is 0 Å². The molecule has 0 fully saturated rings. The van der Waals surface area contributed by atoms with Crippen LogP contribution in [0.1, 0.15) is 0 Å². The summed E-state index contributed by atoms with van der Waals surface area (Å²) in [7, 11) is 0. The van der Waals surface area contributed by atoms with E-state index in [-0.39, 0.29) is 51.4 Å². The molecular weight excluding hydrogens is 669 g/mol. The molecule has 0 unspecified atom stereocenters. The first-order valence-corrected chi connectivity index (χ1v) is 18.1. The van der Waals surface area contributed by atoms with Gasteiger partial charge in [-0.25, -0.2) is 0 Å². The van der Waals surface area contributed by atoms with E-state index >= 15 is 0 Å². The molecule has 4 nitrogen and oxygen atoms in total. The number of benzene rings is 4. The van der Waals surface area contributed by atoms with Gasteiger partial charge in [-0.3, -0.25) is 0 Å². The summed E-state index contributed by atoms with van der Waals surface area (Å²) < 4.78 is 31.6. The van der Waals surface area contributed by atoms with Gasteiger partial charge in [-0.05, 0) is 12.1 Å². The molecule has 0 saturated carbocycles. The van der Waals surface area contributed by atoms with Crippen LogP contribution in [0, 0.1) is 0 Å². The van der Waals surface area contributed by atoms with Gasteiger partial charge in [0.2, 0.25) is 0 Å². The number of hydrogen-bond acceptors (Lipinski definition) is 5. The van der Waals surface area contributed by atoms with E-state index in [0.717, 1.165) is 4.90 Å². The molecule has 0 radical (unpaired) electrons. The Balaban J connectivity index is 0.000000368. The molecule has 4 aromatic carbocycles. The number of hydrogen-bond donors (Lipinski definition) is 1. The van der Waals surface area contributed by atoms with E-state index in [1.54, 1.807) is 0 Å². The van der Waals surface area contributed by atoms with Gasteiger partial charge in [0.15, 0.2) is 0 Å². The van der Waals surface area contributed by atoms with Crippen LogP contribution in [-0.4, -0.2) is 0 Å². The third-order valence-corrected chi connectivity index (χ3v) is 15.7. The molecule has 0 aromatic heterocycles. The summed E-state index contributed by atoms with van der Waals surface area (Å²) in [6, 6.07) is 41.6. The van der Waals surface area contributed by atoms with Crippen LogP contribution < -0.4 is 71.5 Å². The second-order valence-corrected chi connectivity index (χ2v) is 23.1. The monoisotopic (exact) mass is 688 g/mol. The molecule has 34 heavy (non-hydrogen) atoms. The molecule has 4 aromatic rings. The van der Waals surface area contributed by atoms with Crippen molar-refractivity contribution >= 4 is 63.5 Å². The summed E-state index contributed by atoms with van der Waals surface area (Å²) >= 11 is 6.78. The van der Waals surface area contributed by atoms with E-state index in [1.807, 2.05) is 30.3 Å². The zero-order valence-corrected chi connectivity index (χ0v) is 27.5. The van der Waals surface area contributed by atoms with Gasteiger partial charge in [0.25, 0.3) is 0 Å². The molecule has 0 N–H and O–H groups in total. The summed E-state index contributed by atoms with van der Waals surface area (Å²) in [5, 5.41) is 3.79. The molecule has 0 heterocycles. The van der Waals surface area contributed by atoms with Gasteiger partial charge in [-0.1, -0.05) is 18.2 Å². The van der Waals surface area contributed by atoms with Gasteiger partial charge in [-0.2, -0.15) is 0 Å². The summed E-state index contributed by atoms with van der Waals surface area (Å²) in [5.41, 5.74) is 0. The van der Waals surface area contributed by atoms with Crippen molar-refractivity contribution in [3.05, 3.63) is 121 Å². The Hall–Kier alpha value is 0.136. The molecule has 174 valence electrons. The fourth-order valence-corrected chi connectivity index (χ4v) is 10.4. The standard InChI is InChI=1S/C18H15Br2P.C6H6S.K.Mn.4O/c19-21(20,16-10-4-1-5-11-16,17-12-6-2-7-13-17)18-14-8-3-9-15-18;7-6-4-2-1-3-5-6;;;;;;/h1-15H;1-5,7H;;;;;;/q;;+1;;;;;-1. The van der Waals surface area contributed by atoms with Crippen LogP contribution in [0.25, 0.3) is 0 Å². The quantitative estimate of drug-likeness (QED) is 0.204. The second kappa shape index (κ2) is 14.8. The van der Waals surface area contributed by atoms with Crippen LogP contribution in [0.15, 0.2) is 126 Å². The summed E-state index contributed by atoms with van der Waals surface area (Å²) in [6.07, 6.45) is 0. The molecule has 0 saturated heterocycles. The normalized spacial score (nSPS) is 11.7. The van der Waals surface area contributed by atoms with Crippen molar-refractivity contribution in [3.63, 3.8) is 0 Å². The zero-order valence-electron chi connectivity index (χ0n) is 18.2. The van der Waals surface area contributed by atoms with Gasteiger partial charge < -0.3 is 0 Å². The molecular formula is C24H21Br2KMnO4PS. The number of thiol groups is 1. The zero-order chi connectivity index (χ0) is 24.4. The average Bonchev–Trinajstić information content (AvgIpc) is 2.81. The Kier molecular flexibility index (Phi) is 14.0. The van der Waals surface area contributed by atoms with Gasteiger partial charge in [0.1, 0.15) is 0 Å². The van der Waals surface area contributed by atoms with E-state index < -0.39 is 17.0 Å². The Morgan fingerprint density at radius 1 is 0.559 bits per heavy atom. The minimum absolute atomic E-state index is 0. The Morgan fingerprint density at radius 2 is 0.765 bits per heavy atom. The van der Waals surface area contributed by atoms with Crippen LogP contribution in [0.3, 0.4) is 0 Å². The molecule has 10 heteroatoms. The van der Waals surface area contributed by atoms with E-state index in [4.69, 9.17) is 15.7 Å². The van der Waals surface area contributed by atoms with Gasteiger partial charge >= 0.3 is 222 Å². The SMILES string of the molecule is BrP(Br)(c1ccccc1)(c1ccccc1)c1ccccc1.Sc1ccccc1.[K+].[O]=[Mn](=[O])(=[O])[O-]. The Morgan fingerprint density at radius 3 is 0.941 bits per heavy atom. The van der Waals surface area contributed by atoms with E-state index in [1.165, 1.54) is 15.9 Å². The van der Waals surface area contributed by atoms with Crippen molar-refractivity contribution in [2.24, 2.45) is 0 Å². The van der Waals surface area contributed by atoms with Crippen molar-refractivity contribution in [2.75, 3.05) is 0 Å². The van der Waals surface area contributed by atoms with Gasteiger partial charge in [0.05, 0.1) is 0 Å². The molecule has 0 spiro atoms. The summed E-state index contributed by atoms with van der Waals surface area (Å²) in [4.78, 5) is 1.02. The molecule has 0 aliphatic rings. The topological polar surface area (TPSA) is 74.3 Å².